The van der Waals surface area contributed by atoms with Crippen LogP contribution in [0.3, 0.4) is 0 Å². The van der Waals surface area contributed by atoms with Crippen LogP contribution in [0, 0.1) is 17.1 Å². The van der Waals surface area contributed by atoms with Gasteiger partial charge >= 0.3 is 0 Å². The normalized spacial score (nSPS) is 13.9. The minimum atomic E-state index is -3.94. The van der Waals surface area contributed by atoms with Gasteiger partial charge in [-0.3, -0.25) is 0 Å². The van der Waals surface area contributed by atoms with Crippen molar-refractivity contribution >= 4 is 10.0 Å². The van der Waals surface area contributed by atoms with Crippen LogP contribution < -0.4 is 4.72 Å². The first-order valence-electron chi connectivity index (χ1n) is 5.52. The Kier molecular flexibility index (Phi) is 4.30. The quantitative estimate of drug-likeness (QED) is 0.868. The third-order valence-electron chi connectivity index (χ3n) is 2.81. The predicted octanol–water partition coefficient (Wildman–Crippen LogP) is 1.14. The lowest BCUT2D eigenvalue weighted by molar-refractivity contribution is 0.111. The SMILES string of the molecule is CC(O)C(C)(C)NS(=O)(=O)c1ccc(F)c(C#N)c1. The fourth-order valence-corrected chi connectivity index (χ4v) is 2.75. The Bertz CT molecular complexity index is 618. The van der Waals surface area contributed by atoms with E-state index in [-0.39, 0.29) is 10.5 Å². The molecule has 0 heterocycles. The highest BCUT2D eigenvalue weighted by atomic mass is 32.2. The summed E-state index contributed by atoms with van der Waals surface area (Å²) in [6.45, 7) is 4.49. The van der Waals surface area contributed by atoms with Gasteiger partial charge in [-0.2, -0.15) is 5.26 Å². The van der Waals surface area contributed by atoms with Gasteiger partial charge in [-0.25, -0.2) is 17.5 Å². The minimum Gasteiger partial charge on any atom is -0.391 e. The molecule has 1 aromatic rings. The summed E-state index contributed by atoms with van der Waals surface area (Å²) in [5, 5.41) is 18.2. The summed E-state index contributed by atoms with van der Waals surface area (Å²) >= 11 is 0. The van der Waals surface area contributed by atoms with E-state index in [1.54, 1.807) is 6.07 Å². The summed E-state index contributed by atoms with van der Waals surface area (Å²) in [4.78, 5) is -0.223. The van der Waals surface area contributed by atoms with E-state index in [1.165, 1.54) is 20.8 Å². The molecule has 0 aliphatic carbocycles. The Balaban J connectivity index is 3.19. The number of nitriles is 1. The zero-order chi connectivity index (χ0) is 14.8. The highest BCUT2D eigenvalue weighted by Crippen LogP contribution is 2.18. The lowest BCUT2D eigenvalue weighted by atomic mass is 10.0. The van der Waals surface area contributed by atoms with Gasteiger partial charge in [0.05, 0.1) is 22.1 Å². The van der Waals surface area contributed by atoms with E-state index in [0.717, 1.165) is 18.2 Å². The van der Waals surface area contributed by atoms with Gasteiger partial charge < -0.3 is 5.11 Å². The zero-order valence-corrected chi connectivity index (χ0v) is 11.6. The van der Waals surface area contributed by atoms with Crippen LogP contribution >= 0.6 is 0 Å². The molecular formula is C12H15FN2O3S. The summed E-state index contributed by atoms with van der Waals surface area (Å²) in [5.41, 5.74) is -1.43. The van der Waals surface area contributed by atoms with Gasteiger partial charge in [0.25, 0.3) is 0 Å². The number of benzene rings is 1. The fourth-order valence-electron chi connectivity index (χ4n) is 1.25. The summed E-state index contributed by atoms with van der Waals surface area (Å²) in [6, 6.07) is 4.52. The predicted molar refractivity (Wildman–Crippen MR) is 67.2 cm³/mol. The number of nitrogens with zero attached hydrogens (tertiary/aromatic N) is 1. The average Bonchev–Trinajstić information content (AvgIpc) is 2.27. The molecule has 5 nitrogen and oxygen atoms in total. The topological polar surface area (TPSA) is 90.2 Å². The molecule has 0 spiro atoms. The van der Waals surface area contributed by atoms with E-state index in [2.05, 4.69) is 4.72 Å². The van der Waals surface area contributed by atoms with Gasteiger partial charge in [0, 0.05) is 0 Å². The Hall–Kier alpha value is -1.49. The Morgan fingerprint density at radius 3 is 2.53 bits per heavy atom. The van der Waals surface area contributed by atoms with Crippen LogP contribution in [0.15, 0.2) is 23.1 Å². The maximum atomic E-state index is 13.1. The van der Waals surface area contributed by atoms with Crippen molar-refractivity contribution in [2.75, 3.05) is 0 Å². The van der Waals surface area contributed by atoms with Crippen LogP contribution in [0.2, 0.25) is 0 Å². The average molecular weight is 286 g/mol. The molecule has 104 valence electrons. The summed E-state index contributed by atoms with van der Waals surface area (Å²) < 4.78 is 39.6. The highest BCUT2D eigenvalue weighted by molar-refractivity contribution is 7.89. The van der Waals surface area contributed by atoms with Gasteiger partial charge in [-0.05, 0) is 39.0 Å². The van der Waals surface area contributed by atoms with Crippen molar-refractivity contribution in [2.45, 2.75) is 37.3 Å². The zero-order valence-electron chi connectivity index (χ0n) is 10.8. The molecule has 0 amide bonds. The first-order valence-corrected chi connectivity index (χ1v) is 7.00. The maximum absolute atomic E-state index is 13.1. The number of aliphatic hydroxyl groups excluding tert-OH is 1. The van der Waals surface area contributed by atoms with E-state index in [9.17, 15) is 17.9 Å². The Labute approximate surface area is 111 Å². The maximum Gasteiger partial charge on any atom is 0.241 e. The van der Waals surface area contributed by atoms with Gasteiger partial charge in [-0.15, -0.1) is 0 Å². The lowest BCUT2D eigenvalue weighted by Crippen LogP contribution is -2.50. The van der Waals surface area contributed by atoms with Crippen molar-refractivity contribution in [3.05, 3.63) is 29.6 Å². The molecule has 0 aromatic heterocycles. The molecule has 0 fully saturated rings. The molecule has 1 atom stereocenters. The standard InChI is InChI=1S/C12H15FN2O3S/c1-8(16)12(2,3)15-19(17,18)10-4-5-11(13)9(6-10)7-14/h4-6,8,15-16H,1-3H3. The Morgan fingerprint density at radius 1 is 1.47 bits per heavy atom. The molecule has 0 radical (unpaired) electrons. The summed E-state index contributed by atoms with van der Waals surface area (Å²) in [5.74, 6) is -0.781. The van der Waals surface area contributed by atoms with Crippen LogP contribution in [-0.2, 0) is 10.0 Å². The molecule has 0 saturated heterocycles. The number of rotatable bonds is 4. The van der Waals surface area contributed by atoms with Gasteiger partial charge in [0.15, 0.2) is 0 Å². The summed E-state index contributed by atoms with van der Waals surface area (Å²) in [7, 11) is -3.94. The second kappa shape index (κ2) is 5.25. The molecule has 0 bridgehead atoms. The van der Waals surface area contributed by atoms with Crippen LogP contribution in [0.1, 0.15) is 26.3 Å². The molecule has 7 heteroatoms. The summed E-state index contributed by atoms with van der Waals surface area (Å²) in [6.07, 6.45) is -0.918. The second-order valence-electron chi connectivity index (χ2n) is 4.76. The number of aliphatic hydroxyl groups is 1. The second-order valence-corrected chi connectivity index (χ2v) is 6.44. The van der Waals surface area contributed by atoms with Crippen LogP contribution in [0.5, 0.6) is 0 Å². The van der Waals surface area contributed by atoms with Crippen LogP contribution in [0.25, 0.3) is 0 Å². The monoisotopic (exact) mass is 286 g/mol. The molecule has 0 aliphatic rings. The smallest absolute Gasteiger partial charge is 0.241 e. The van der Waals surface area contributed by atoms with Crippen molar-refractivity contribution in [1.29, 1.82) is 5.26 Å². The van der Waals surface area contributed by atoms with Crippen molar-refractivity contribution < 1.29 is 17.9 Å². The molecule has 1 aromatic carbocycles. The van der Waals surface area contributed by atoms with E-state index >= 15 is 0 Å². The number of hydrogen-bond donors (Lipinski definition) is 2. The highest BCUT2D eigenvalue weighted by Gasteiger charge is 2.30. The molecular weight excluding hydrogens is 271 g/mol. The molecule has 1 rings (SSSR count). The minimum absolute atomic E-state index is 0.223. The molecule has 2 N–H and O–H groups in total. The van der Waals surface area contributed by atoms with Crippen molar-refractivity contribution in [3.63, 3.8) is 0 Å². The van der Waals surface area contributed by atoms with E-state index in [4.69, 9.17) is 5.26 Å². The molecule has 1 unspecified atom stereocenters. The first-order chi connectivity index (χ1) is 8.60. The molecule has 0 saturated carbocycles. The third kappa shape index (κ3) is 3.50. The number of sulfonamides is 1. The lowest BCUT2D eigenvalue weighted by Gasteiger charge is -2.28. The van der Waals surface area contributed by atoms with Crippen molar-refractivity contribution in [2.24, 2.45) is 0 Å². The van der Waals surface area contributed by atoms with Crippen molar-refractivity contribution in [3.8, 4) is 6.07 Å². The van der Waals surface area contributed by atoms with Gasteiger partial charge in [0.1, 0.15) is 11.9 Å². The number of nitrogens with one attached hydrogen (secondary N) is 1. The molecule has 0 aliphatic heterocycles. The number of halogens is 1. The van der Waals surface area contributed by atoms with Gasteiger partial charge in [0.2, 0.25) is 10.0 Å². The van der Waals surface area contributed by atoms with Gasteiger partial charge in [-0.1, -0.05) is 0 Å². The number of hydrogen-bond acceptors (Lipinski definition) is 4. The van der Waals surface area contributed by atoms with E-state index in [0.29, 0.717) is 0 Å². The Morgan fingerprint density at radius 2 is 2.05 bits per heavy atom. The van der Waals surface area contributed by atoms with Crippen LogP contribution in [0.4, 0.5) is 4.39 Å². The fraction of sp³-hybridized carbons (Fsp3) is 0.417. The largest absolute Gasteiger partial charge is 0.391 e. The van der Waals surface area contributed by atoms with E-state index in [1.807, 2.05) is 0 Å². The van der Waals surface area contributed by atoms with Crippen LogP contribution in [-0.4, -0.2) is 25.2 Å². The van der Waals surface area contributed by atoms with Crippen molar-refractivity contribution in [1.82, 2.24) is 4.72 Å². The first kappa shape index (κ1) is 15.6. The molecule has 19 heavy (non-hydrogen) atoms. The third-order valence-corrected chi connectivity index (χ3v) is 4.48. The van der Waals surface area contributed by atoms with E-state index < -0.39 is 27.5 Å².